The molecular formula is C18H17FO2. The predicted molar refractivity (Wildman–Crippen MR) is 79.1 cm³/mol. The van der Waals surface area contributed by atoms with Gasteiger partial charge in [0.2, 0.25) is 0 Å². The third-order valence-electron chi connectivity index (χ3n) is 4.23. The molecule has 0 aliphatic heterocycles. The Kier molecular flexibility index (Phi) is 3.74. The Morgan fingerprint density at radius 2 is 1.67 bits per heavy atom. The van der Waals surface area contributed by atoms with Gasteiger partial charge in [-0.05, 0) is 35.2 Å². The summed E-state index contributed by atoms with van der Waals surface area (Å²) in [5.74, 6) is 0.720. The minimum atomic E-state index is -0.226. The molecule has 2 atom stereocenters. The Morgan fingerprint density at radius 1 is 1.00 bits per heavy atom. The number of ether oxygens (including phenoxy) is 1. The molecule has 0 unspecified atom stereocenters. The highest BCUT2D eigenvalue weighted by molar-refractivity contribution is 5.83. The van der Waals surface area contributed by atoms with Crippen molar-refractivity contribution in [2.75, 3.05) is 7.11 Å². The first-order valence-electron chi connectivity index (χ1n) is 7.09. The fraction of sp³-hybridized carbons (Fsp3) is 0.278. The minimum absolute atomic E-state index is 0.0420. The molecule has 3 rings (SSSR count). The molecule has 2 aromatic rings. The SMILES string of the molecule is COc1ccc([C@@H]2CC(=O)C[C@H]2c2ccccc2F)cc1. The van der Waals surface area contributed by atoms with Crippen LogP contribution in [0.15, 0.2) is 48.5 Å². The number of carbonyl (C=O) groups is 1. The molecule has 0 N–H and O–H groups in total. The molecule has 2 aromatic carbocycles. The summed E-state index contributed by atoms with van der Waals surface area (Å²) in [5.41, 5.74) is 1.71. The Morgan fingerprint density at radius 3 is 2.33 bits per heavy atom. The highest BCUT2D eigenvalue weighted by Crippen LogP contribution is 2.45. The summed E-state index contributed by atoms with van der Waals surface area (Å²) in [4.78, 5) is 11.9. The molecule has 0 spiro atoms. The van der Waals surface area contributed by atoms with E-state index >= 15 is 0 Å². The normalized spacial score (nSPS) is 21.5. The van der Waals surface area contributed by atoms with Crippen molar-refractivity contribution in [1.29, 1.82) is 0 Å². The van der Waals surface area contributed by atoms with E-state index < -0.39 is 0 Å². The van der Waals surface area contributed by atoms with Crippen LogP contribution in [0, 0.1) is 5.82 Å². The summed E-state index contributed by atoms with van der Waals surface area (Å²) in [6.07, 6.45) is 0.892. The lowest BCUT2D eigenvalue weighted by atomic mass is 9.84. The standard InChI is InChI=1S/C18H17FO2/c1-21-14-8-6-12(7-9-14)16-10-13(20)11-17(16)15-4-2-3-5-18(15)19/h2-9,16-17H,10-11H2,1H3/t16-,17-/m0/s1. The molecule has 1 aliphatic rings. The van der Waals surface area contributed by atoms with Crippen molar-refractivity contribution < 1.29 is 13.9 Å². The van der Waals surface area contributed by atoms with Gasteiger partial charge in [0.25, 0.3) is 0 Å². The van der Waals surface area contributed by atoms with Crippen LogP contribution in [0.3, 0.4) is 0 Å². The van der Waals surface area contributed by atoms with Crippen molar-refractivity contribution in [1.82, 2.24) is 0 Å². The van der Waals surface area contributed by atoms with Gasteiger partial charge in [0.1, 0.15) is 17.3 Å². The lowest BCUT2D eigenvalue weighted by molar-refractivity contribution is -0.117. The minimum Gasteiger partial charge on any atom is -0.497 e. The van der Waals surface area contributed by atoms with Crippen LogP contribution >= 0.6 is 0 Å². The monoisotopic (exact) mass is 284 g/mol. The highest BCUT2D eigenvalue weighted by atomic mass is 19.1. The zero-order valence-corrected chi connectivity index (χ0v) is 11.9. The van der Waals surface area contributed by atoms with E-state index in [0.717, 1.165) is 11.3 Å². The van der Waals surface area contributed by atoms with Gasteiger partial charge in [0.05, 0.1) is 7.11 Å². The average molecular weight is 284 g/mol. The molecule has 0 bridgehead atoms. The highest BCUT2D eigenvalue weighted by Gasteiger charge is 2.36. The first kappa shape index (κ1) is 13.8. The van der Waals surface area contributed by atoms with Gasteiger partial charge in [-0.1, -0.05) is 30.3 Å². The van der Waals surface area contributed by atoms with E-state index in [2.05, 4.69) is 0 Å². The van der Waals surface area contributed by atoms with E-state index in [0.29, 0.717) is 18.4 Å². The second kappa shape index (κ2) is 5.68. The van der Waals surface area contributed by atoms with Gasteiger partial charge >= 0.3 is 0 Å². The summed E-state index contributed by atoms with van der Waals surface area (Å²) in [5, 5.41) is 0. The number of rotatable bonds is 3. The number of ketones is 1. The first-order chi connectivity index (χ1) is 10.2. The predicted octanol–water partition coefficient (Wildman–Crippen LogP) is 4.06. The molecule has 21 heavy (non-hydrogen) atoms. The molecule has 0 heterocycles. The maximum atomic E-state index is 14.0. The molecule has 3 heteroatoms. The van der Waals surface area contributed by atoms with Gasteiger partial charge in [-0.25, -0.2) is 4.39 Å². The van der Waals surface area contributed by atoms with Crippen LogP contribution in [-0.2, 0) is 4.79 Å². The fourth-order valence-corrected chi connectivity index (χ4v) is 3.16. The third-order valence-corrected chi connectivity index (χ3v) is 4.23. The summed E-state index contributed by atoms with van der Waals surface area (Å²) in [6, 6.07) is 14.5. The van der Waals surface area contributed by atoms with Crippen LogP contribution < -0.4 is 4.74 Å². The molecule has 0 aromatic heterocycles. The number of carbonyl (C=O) groups excluding carboxylic acids is 1. The average Bonchev–Trinajstić information content (AvgIpc) is 2.89. The van der Waals surface area contributed by atoms with Crippen molar-refractivity contribution >= 4 is 5.78 Å². The molecule has 1 saturated carbocycles. The van der Waals surface area contributed by atoms with Crippen LogP contribution in [0.1, 0.15) is 35.8 Å². The molecule has 0 radical (unpaired) electrons. The maximum Gasteiger partial charge on any atom is 0.134 e. The largest absolute Gasteiger partial charge is 0.497 e. The van der Waals surface area contributed by atoms with Gasteiger partial charge in [0, 0.05) is 18.8 Å². The summed E-state index contributed by atoms with van der Waals surface area (Å²) in [6.45, 7) is 0. The van der Waals surface area contributed by atoms with Gasteiger partial charge in [0.15, 0.2) is 0 Å². The van der Waals surface area contributed by atoms with Crippen molar-refractivity contribution in [3.63, 3.8) is 0 Å². The van der Waals surface area contributed by atoms with Crippen molar-refractivity contribution in [2.45, 2.75) is 24.7 Å². The molecule has 2 nitrogen and oxygen atoms in total. The number of Topliss-reactive ketones (excluding diaryl/α,β-unsaturated/α-hetero) is 1. The van der Waals surface area contributed by atoms with E-state index in [1.807, 2.05) is 30.3 Å². The van der Waals surface area contributed by atoms with Crippen molar-refractivity contribution in [2.24, 2.45) is 0 Å². The molecule has 1 fully saturated rings. The molecule has 0 amide bonds. The van der Waals surface area contributed by atoms with Crippen LogP contribution in [-0.4, -0.2) is 12.9 Å². The van der Waals surface area contributed by atoms with E-state index in [4.69, 9.17) is 4.74 Å². The van der Waals surface area contributed by atoms with Crippen molar-refractivity contribution in [3.05, 3.63) is 65.5 Å². The van der Waals surface area contributed by atoms with Crippen LogP contribution in [0.25, 0.3) is 0 Å². The third kappa shape index (κ3) is 2.68. The molecule has 1 aliphatic carbocycles. The smallest absolute Gasteiger partial charge is 0.134 e. The summed E-state index contributed by atoms with van der Waals surface area (Å²) >= 11 is 0. The zero-order valence-electron chi connectivity index (χ0n) is 11.9. The van der Waals surface area contributed by atoms with Gasteiger partial charge < -0.3 is 4.74 Å². The molecule has 108 valence electrons. The number of halogens is 1. The zero-order chi connectivity index (χ0) is 14.8. The summed E-state index contributed by atoms with van der Waals surface area (Å²) < 4.78 is 19.2. The Bertz CT molecular complexity index is 649. The summed E-state index contributed by atoms with van der Waals surface area (Å²) in [7, 11) is 1.62. The first-order valence-corrected chi connectivity index (χ1v) is 7.09. The fourth-order valence-electron chi connectivity index (χ4n) is 3.16. The van der Waals surface area contributed by atoms with E-state index in [1.165, 1.54) is 6.07 Å². The second-order valence-corrected chi connectivity index (χ2v) is 5.45. The topological polar surface area (TPSA) is 26.3 Å². The van der Waals surface area contributed by atoms with E-state index in [-0.39, 0.29) is 23.4 Å². The Balaban J connectivity index is 1.95. The van der Waals surface area contributed by atoms with E-state index in [1.54, 1.807) is 19.2 Å². The van der Waals surface area contributed by atoms with Gasteiger partial charge in [-0.2, -0.15) is 0 Å². The number of hydrogen-bond donors (Lipinski definition) is 0. The number of methoxy groups -OCH3 is 1. The number of benzene rings is 2. The Labute approximate surface area is 123 Å². The van der Waals surface area contributed by atoms with Gasteiger partial charge in [-0.3, -0.25) is 4.79 Å². The van der Waals surface area contributed by atoms with Gasteiger partial charge in [-0.15, -0.1) is 0 Å². The second-order valence-electron chi connectivity index (χ2n) is 5.45. The lowest BCUT2D eigenvalue weighted by Gasteiger charge is -2.20. The Hall–Kier alpha value is -2.16. The molecular weight excluding hydrogens is 267 g/mol. The van der Waals surface area contributed by atoms with Crippen LogP contribution in [0.4, 0.5) is 4.39 Å². The van der Waals surface area contributed by atoms with E-state index in [9.17, 15) is 9.18 Å². The quantitative estimate of drug-likeness (QED) is 0.849. The van der Waals surface area contributed by atoms with Crippen molar-refractivity contribution in [3.8, 4) is 5.75 Å². The van der Waals surface area contributed by atoms with Crippen LogP contribution in [0.5, 0.6) is 5.75 Å². The van der Waals surface area contributed by atoms with Crippen LogP contribution in [0.2, 0.25) is 0 Å². The molecule has 0 saturated heterocycles. The lowest BCUT2D eigenvalue weighted by Crippen LogP contribution is -2.06. The number of hydrogen-bond acceptors (Lipinski definition) is 2. The maximum absolute atomic E-state index is 14.0.